The Morgan fingerprint density at radius 2 is 1.82 bits per heavy atom. The van der Waals surface area contributed by atoms with Gasteiger partial charge in [-0.15, -0.1) is 0 Å². The van der Waals surface area contributed by atoms with E-state index in [1.165, 1.54) is 18.2 Å². The number of rotatable bonds is 5. The lowest BCUT2D eigenvalue weighted by atomic mass is 9.88. The Labute approximate surface area is 188 Å². The number of benzene rings is 2. The monoisotopic (exact) mass is 449 g/mol. The Bertz CT molecular complexity index is 1320. The third kappa shape index (κ3) is 3.28. The Morgan fingerprint density at radius 3 is 2.45 bits per heavy atom. The number of hydrogen-bond donors (Lipinski definition) is 7. The highest BCUT2D eigenvalue weighted by molar-refractivity contribution is 6.14. The molecule has 0 saturated carbocycles. The second kappa shape index (κ2) is 7.55. The first-order valence-electron chi connectivity index (χ1n) is 10.2. The molecule has 2 bridgehead atoms. The Kier molecular flexibility index (Phi) is 4.78. The molecule has 170 valence electrons. The highest BCUT2D eigenvalue weighted by atomic mass is 16.5. The zero-order chi connectivity index (χ0) is 23.4. The smallest absolute Gasteiger partial charge is 0.211 e. The zero-order valence-corrected chi connectivity index (χ0v) is 17.4. The number of aromatic nitrogens is 1. The summed E-state index contributed by atoms with van der Waals surface area (Å²) in [6, 6.07) is 6.85. The van der Waals surface area contributed by atoms with Crippen LogP contribution < -0.4 is 27.7 Å². The number of fused-ring (bicyclic) bond motifs is 3. The molecule has 1 fully saturated rings. The van der Waals surface area contributed by atoms with E-state index in [1.54, 1.807) is 24.3 Å². The third-order valence-electron chi connectivity index (χ3n) is 5.99. The maximum atomic E-state index is 13.5. The average Bonchev–Trinajstić information content (AvgIpc) is 3.43. The van der Waals surface area contributed by atoms with Gasteiger partial charge in [-0.05, 0) is 42.0 Å². The van der Waals surface area contributed by atoms with Gasteiger partial charge in [-0.2, -0.15) is 0 Å². The molecule has 3 heterocycles. The van der Waals surface area contributed by atoms with Crippen molar-refractivity contribution < 1.29 is 24.5 Å². The van der Waals surface area contributed by atoms with Crippen LogP contribution in [0.3, 0.4) is 0 Å². The van der Waals surface area contributed by atoms with Crippen molar-refractivity contribution in [2.75, 3.05) is 11.5 Å². The van der Waals surface area contributed by atoms with Crippen molar-refractivity contribution in [3.63, 3.8) is 0 Å². The summed E-state index contributed by atoms with van der Waals surface area (Å²) in [6.45, 7) is 0. The number of ketones is 1. The molecule has 3 aromatic rings. The number of nitrogens with two attached hydrogens (primary N) is 4. The molecule has 2 aliphatic rings. The number of nitrogens with one attached hydrogen (secondary N) is 1. The number of phenolic OH excluding ortho intramolecular Hbond substituents is 1. The van der Waals surface area contributed by atoms with Crippen LogP contribution in [-0.4, -0.2) is 45.3 Å². The molecule has 2 aliphatic heterocycles. The fourth-order valence-electron chi connectivity index (χ4n) is 4.35. The van der Waals surface area contributed by atoms with Crippen molar-refractivity contribution in [3.05, 3.63) is 59.5 Å². The van der Waals surface area contributed by atoms with E-state index < -0.39 is 18.2 Å². The molecule has 0 aliphatic carbocycles. The standard InChI is InChI=1S/C23H23N5O5/c24-13-5-9(3-4-29)6-14(25)23(13)33-22-11-2-1-10(30)7-15(11)28-19(22)20(31)12-8-16-17(26)18(27)21(12)32-16/h1-8,16-18,21,28-30H,24-27H2/b4-3+. The van der Waals surface area contributed by atoms with Crippen LogP contribution in [0.5, 0.6) is 17.2 Å². The van der Waals surface area contributed by atoms with Crippen LogP contribution in [0.15, 0.2) is 48.2 Å². The molecule has 1 saturated heterocycles. The predicted octanol–water partition coefficient (Wildman–Crippen LogP) is 1.90. The molecule has 33 heavy (non-hydrogen) atoms. The normalized spacial score (nSPS) is 24.0. The van der Waals surface area contributed by atoms with E-state index in [0.29, 0.717) is 22.0 Å². The number of carbonyl (C=O) groups is 1. The molecule has 10 heteroatoms. The van der Waals surface area contributed by atoms with Crippen LogP contribution >= 0.6 is 0 Å². The van der Waals surface area contributed by atoms with E-state index in [0.717, 1.165) is 6.26 Å². The van der Waals surface area contributed by atoms with Crippen molar-refractivity contribution in [1.82, 2.24) is 4.98 Å². The van der Waals surface area contributed by atoms with Crippen LogP contribution in [-0.2, 0) is 4.74 Å². The van der Waals surface area contributed by atoms with E-state index in [2.05, 4.69) is 4.98 Å². The van der Waals surface area contributed by atoms with Gasteiger partial charge in [-0.1, -0.05) is 0 Å². The van der Waals surface area contributed by atoms with Crippen molar-refractivity contribution >= 4 is 34.1 Å². The average molecular weight is 449 g/mol. The SMILES string of the molecule is Nc1cc(/C=C/O)cc(N)c1Oc1c(C(=O)C2=CC3OC2C(N)C3N)[nH]c2cc(O)ccc12. The summed E-state index contributed by atoms with van der Waals surface area (Å²) in [4.78, 5) is 16.6. The number of phenols is 1. The lowest BCUT2D eigenvalue weighted by molar-refractivity contribution is 0.0909. The van der Waals surface area contributed by atoms with Crippen LogP contribution in [0, 0.1) is 0 Å². The van der Waals surface area contributed by atoms with Crippen LogP contribution in [0.25, 0.3) is 17.0 Å². The third-order valence-corrected chi connectivity index (χ3v) is 5.99. The number of aliphatic hydroxyl groups excluding tert-OH is 1. The molecule has 2 aromatic carbocycles. The molecule has 0 radical (unpaired) electrons. The van der Waals surface area contributed by atoms with Gasteiger partial charge in [-0.3, -0.25) is 4.79 Å². The minimum absolute atomic E-state index is 0.0175. The minimum atomic E-state index is -0.621. The van der Waals surface area contributed by atoms with Crippen molar-refractivity contribution in [1.29, 1.82) is 0 Å². The number of ether oxygens (including phenoxy) is 2. The summed E-state index contributed by atoms with van der Waals surface area (Å²) in [5.41, 5.74) is 26.5. The van der Waals surface area contributed by atoms with Crippen molar-refractivity contribution in [2.45, 2.75) is 24.3 Å². The number of anilines is 2. The van der Waals surface area contributed by atoms with Crippen molar-refractivity contribution in [2.24, 2.45) is 11.5 Å². The number of hydrogen-bond acceptors (Lipinski definition) is 9. The van der Waals surface area contributed by atoms with Gasteiger partial charge in [0.25, 0.3) is 0 Å². The number of Topliss-reactive ketones (excluding diaryl/α,β-unsaturated/α-hetero) is 1. The van der Waals surface area contributed by atoms with Gasteiger partial charge >= 0.3 is 0 Å². The second-order valence-electron chi connectivity index (χ2n) is 8.13. The molecule has 11 N–H and O–H groups in total. The highest BCUT2D eigenvalue weighted by Crippen LogP contribution is 2.43. The van der Waals surface area contributed by atoms with Gasteiger partial charge in [0.05, 0.1) is 41.3 Å². The molecule has 0 amide bonds. The molecule has 1 aromatic heterocycles. The van der Waals surface area contributed by atoms with Gasteiger partial charge in [0, 0.05) is 17.0 Å². The van der Waals surface area contributed by atoms with E-state index in [1.807, 2.05) is 0 Å². The summed E-state index contributed by atoms with van der Waals surface area (Å²) < 4.78 is 11.9. The number of aromatic hydroxyl groups is 1. The lowest BCUT2D eigenvalue weighted by Crippen LogP contribution is -2.49. The van der Waals surface area contributed by atoms with E-state index in [9.17, 15) is 9.90 Å². The summed E-state index contributed by atoms with van der Waals surface area (Å²) in [7, 11) is 0. The molecule has 0 spiro atoms. The maximum Gasteiger partial charge on any atom is 0.211 e. The summed E-state index contributed by atoms with van der Waals surface area (Å²) in [5, 5.41) is 19.5. The molecule has 5 rings (SSSR count). The molecular weight excluding hydrogens is 426 g/mol. The topological polar surface area (TPSA) is 196 Å². The number of H-pyrrole nitrogens is 1. The first-order chi connectivity index (χ1) is 15.8. The fraction of sp³-hybridized carbons (Fsp3) is 0.174. The van der Waals surface area contributed by atoms with E-state index in [4.69, 9.17) is 37.5 Å². The van der Waals surface area contributed by atoms with Gasteiger partial charge in [0.15, 0.2) is 11.5 Å². The first-order valence-corrected chi connectivity index (χ1v) is 10.2. The molecular formula is C23H23N5O5. The summed E-state index contributed by atoms with van der Waals surface area (Å²) >= 11 is 0. The maximum absolute atomic E-state index is 13.5. The van der Waals surface area contributed by atoms with Crippen molar-refractivity contribution in [3.8, 4) is 17.2 Å². The predicted molar refractivity (Wildman–Crippen MR) is 124 cm³/mol. The quantitative estimate of drug-likeness (QED) is 0.173. The summed E-state index contributed by atoms with van der Waals surface area (Å²) in [6.07, 6.45) is 2.94. The highest BCUT2D eigenvalue weighted by Gasteiger charge is 2.48. The Hall–Kier alpha value is -3.99. The minimum Gasteiger partial charge on any atom is -0.516 e. The fourth-order valence-corrected chi connectivity index (χ4v) is 4.35. The number of nitrogen functional groups attached to an aromatic ring is 2. The van der Waals surface area contributed by atoms with Crippen LogP contribution in [0.2, 0.25) is 0 Å². The first kappa shape index (κ1) is 20.9. The second-order valence-corrected chi connectivity index (χ2v) is 8.13. The van der Waals surface area contributed by atoms with E-state index in [-0.39, 0.29) is 46.1 Å². The Balaban J connectivity index is 1.61. The lowest BCUT2D eigenvalue weighted by Gasteiger charge is -2.21. The number of carbonyl (C=O) groups excluding carboxylic acids is 1. The number of aliphatic hydroxyl groups is 1. The van der Waals surface area contributed by atoms with Gasteiger partial charge in [0.2, 0.25) is 5.78 Å². The zero-order valence-electron chi connectivity index (χ0n) is 17.4. The molecule has 4 unspecified atom stereocenters. The van der Waals surface area contributed by atoms with E-state index >= 15 is 0 Å². The largest absolute Gasteiger partial charge is 0.516 e. The summed E-state index contributed by atoms with van der Waals surface area (Å²) in [5.74, 6) is 0.00172. The Morgan fingerprint density at radius 1 is 1.09 bits per heavy atom. The van der Waals surface area contributed by atoms with Crippen LogP contribution in [0.1, 0.15) is 16.1 Å². The number of aromatic amines is 1. The molecule has 10 nitrogen and oxygen atoms in total. The van der Waals surface area contributed by atoms with Gasteiger partial charge < -0.3 is 47.6 Å². The van der Waals surface area contributed by atoms with Gasteiger partial charge in [-0.25, -0.2) is 0 Å². The van der Waals surface area contributed by atoms with Crippen LogP contribution in [0.4, 0.5) is 11.4 Å². The molecule has 4 atom stereocenters. The van der Waals surface area contributed by atoms with Gasteiger partial charge in [0.1, 0.15) is 17.5 Å².